The molecule has 19 heavy (non-hydrogen) atoms. The van der Waals surface area contributed by atoms with Gasteiger partial charge in [-0.05, 0) is 20.5 Å². The summed E-state index contributed by atoms with van der Waals surface area (Å²) >= 11 is 0. The number of aryl methyl sites for hydroxylation is 1. The van der Waals surface area contributed by atoms with Crippen LogP contribution in [0.2, 0.25) is 0 Å². The molecular formula is C13H24N6. The van der Waals surface area contributed by atoms with Gasteiger partial charge in [0.25, 0.3) is 0 Å². The number of anilines is 1. The van der Waals surface area contributed by atoms with Crippen LogP contribution >= 0.6 is 0 Å². The smallest absolute Gasteiger partial charge is 0.223 e. The fraction of sp³-hybridized carbons (Fsp3) is 0.769. The lowest BCUT2D eigenvalue weighted by Crippen LogP contribution is -2.51. The monoisotopic (exact) mass is 264 g/mol. The molecule has 0 spiro atoms. The van der Waals surface area contributed by atoms with Crippen molar-refractivity contribution in [3.63, 3.8) is 0 Å². The first-order valence-electron chi connectivity index (χ1n) is 6.96. The lowest BCUT2D eigenvalue weighted by Gasteiger charge is -2.37. The van der Waals surface area contributed by atoms with E-state index in [2.05, 4.69) is 45.8 Å². The third-order valence-corrected chi connectivity index (χ3v) is 3.62. The Bertz CT molecular complexity index is 422. The molecule has 0 aromatic carbocycles. The molecule has 6 nitrogen and oxygen atoms in total. The molecule has 0 radical (unpaired) electrons. The fourth-order valence-electron chi connectivity index (χ4n) is 2.45. The molecule has 1 aliphatic rings. The normalized spacial score (nSPS) is 21.7. The van der Waals surface area contributed by atoms with Gasteiger partial charge >= 0.3 is 0 Å². The van der Waals surface area contributed by atoms with E-state index in [1.54, 1.807) is 0 Å². The number of aromatic nitrogens is 3. The summed E-state index contributed by atoms with van der Waals surface area (Å²) in [7, 11) is 4.32. The first-order valence-corrected chi connectivity index (χ1v) is 6.96. The van der Waals surface area contributed by atoms with Crippen LogP contribution < -0.4 is 5.73 Å². The highest BCUT2D eigenvalue weighted by atomic mass is 15.3. The van der Waals surface area contributed by atoms with Crippen molar-refractivity contribution in [1.29, 1.82) is 0 Å². The Labute approximate surface area is 115 Å². The van der Waals surface area contributed by atoms with Crippen molar-refractivity contribution >= 4 is 5.95 Å². The van der Waals surface area contributed by atoms with Crippen molar-refractivity contribution in [2.24, 2.45) is 0 Å². The molecule has 1 unspecified atom stereocenters. The van der Waals surface area contributed by atoms with Crippen molar-refractivity contribution in [3.8, 4) is 0 Å². The van der Waals surface area contributed by atoms with Crippen LogP contribution in [0.15, 0.2) is 0 Å². The summed E-state index contributed by atoms with van der Waals surface area (Å²) in [5, 5.41) is 0. The number of hydrogen-bond donors (Lipinski definition) is 1. The summed E-state index contributed by atoms with van der Waals surface area (Å²) in [6.07, 6.45) is 2.72. The van der Waals surface area contributed by atoms with Gasteiger partial charge in [-0.3, -0.25) is 0 Å². The zero-order valence-corrected chi connectivity index (χ0v) is 12.1. The second-order valence-electron chi connectivity index (χ2n) is 5.38. The van der Waals surface area contributed by atoms with Crippen LogP contribution in [-0.4, -0.2) is 64.5 Å². The van der Waals surface area contributed by atoms with Crippen LogP contribution in [0.25, 0.3) is 0 Å². The quantitative estimate of drug-likeness (QED) is 0.837. The van der Waals surface area contributed by atoms with Gasteiger partial charge in [0.2, 0.25) is 5.95 Å². The Hall–Kier alpha value is -1.27. The Morgan fingerprint density at radius 2 is 1.89 bits per heavy atom. The molecule has 106 valence electrons. The van der Waals surface area contributed by atoms with Crippen molar-refractivity contribution in [3.05, 3.63) is 11.6 Å². The van der Waals surface area contributed by atoms with E-state index < -0.39 is 0 Å². The van der Waals surface area contributed by atoms with Gasteiger partial charge in [0.1, 0.15) is 11.6 Å². The molecule has 1 aliphatic heterocycles. The molecule has 1 aromatic heterocycles. The highest BCUT2D eigenvalue weighted by Crippen LogP contribution is 2.11. The van der Waals surface area contributed by atoms with Gasteiger partial charge in [-0.15, -0.1) is 0 Å². The molecule has 2 rings (SSSR count). The molecule has 2 N–H and O–H groups in total. The maximum Gasteiger partial charge on any atom is 0.223 e. The minimum Gasteiger partial charge on any atom is -0.368 e. The second kappa shape index (κ2) is 6.25. The molecular weight excluding hydrogens is 240 g/mol. The summed E-state index contributed by atoms with van der Waals surface area (Å²) < 4.78 is 0. The van der Waals surface area contributed by atoms with Crippen LogP contribution in [0.3, 0.4) is 0 Å². The van der Waals surface area contributed by atoms with Crippen molar-refractivity contribution in [2.75, 3.05) is 39.5 Å². The van der Waals surface area contributed by atoms with E-state index in [0.29, 0.717) is 12.0 Å². The predicted molar refractivity (Wildman–Crippen MR) is 75.9 cm³/mol. The third kappa shape index (κ3) is 3.84. The molecule has 1 fully saturated rings. The number of nitrogens with two attached hydrogens (primary N) is 1. The number of piperazine rings is 1. The van der Waals surface area contributed by atoms with Crippen LogP contribution in [-0.2, 0) is 12.8 Å². The SMILES string of the molecule is CCCc1nc(N)nc(CC2CN(C)CCN2C)n1. The summed E-state index contributed by atoms with van der Waals surface area (Å²) in [5.74, 6) is 1.99. The molecule has 1 saturated heterocycles. The molecule has 0 bridgehead atoms. The summed E-state index contributed by atoms with van der Waals surface area (Å²) in [6, 6.07) is 0.454. The Morgan fingerprint density at radius 1 is 1.16 bits per heavy atom. The highest BCUT2D eigenvalue weighted by Gasteiger charge is 2.23. The van der Waals surface area contributed by atoms with E-state index in [1.165, 1.54) is 0 Å². The molecule has 0 saturated carbocycles. The molecule has 0 aliphatic carbocycles. The maximum atomic E-state index is 5.77. The average Bonchev–Trinajstić information content (AvgIpc) is 2.33. The second-order valence-corrected chi connectivity index (χ2v) is 5.38. The van der Waals surface area contributed by atoms with Crippen LogP contribution in [0.5, 0.6) is 0 Å². The number of likely N-dealkylation sites (N-methyl/N-ethyl adjacent to an activating group) is 2. The van der Waals surface area contributed by atoms with Crippen molar-refractivity contribution in [1.82, 2.24) is 24.8 Å². The summed E-state index contributed by atoms with van der Waals surface area (Å²) in [4.78, 5) is 17.7. The van der Waals surface area contributed by atoms with Crippen molar-refractivity contribution in [2.45, 2.75) is 32.2 Å². The standard InChI is InChI=1S/C13H24N6/c1-4-5-11-15-12(17-13(14)16-11)8-10-9-18(2)6-7-19(10)3/h10H,4-9H2,1-3H3,(H2,14,15,16,17). The minimum atomic E-state index is 0.347. The molecule has 1 aromatic rings. The molecule has 6 heteroatoms. The Morgan fingerprint density at radius 3 is 2.63 bits per heavy atom. The third-order valence-electron chi connectivity index (χ3n) is 3.62. The van der Waals surface area contributed by atoms with E-state index in [1.807, 2.05) is 0 Å². The first-order chi connectivity index (χ1) is 9.08. The van der Waals surface area contributed by atoms with Gasteiger partial charge < -0.3 is 15.5 Å². The van der Waals surface area contributed by atoms with Gasteiger partial charge in [0, 0.05) is 38.5 Å². The highest BCUT2D eigenvalue weighted by molar-refractivity contribution is 5.16. The number of rotatable bonds is 4. The molecule has 0 amide bonds. The molecule has 1 atom stereocenters. The van der Waals surface area contributed by atoms with Crippen molar-refractivity contribution < 1.29 is 0 Å². The van der Waals surface area contributed by atoms with Crippen LogP contribution in [0.4, 0.5) is 5.95 Å². The van der Waals surface area contributed by atoms with E-state index in [-0.39, 0.29) is 0 Å². The van der Waals surface area contributed by atoms with Gasteiger partial charge in [-0.2, -0.15) is 9.97 Å². The summed E-state index contributed by atoms with van der Waals surface area (Å²) in [6.45, 7) is 5.37. The summed E-state index contributed by atoms with van der Waals surface area (Å²) in [5.41, 5.74) is 5.77. The molecule has 2 heterocycles. The van der Waals surface area contributed by atoms with Crippen LogP contribution in [0, 0.1) is 0 Å². The number of hydrogen-bond acceptors (Lipinski definition) is 6. The minimum absolute atomic E-state index is 0.347. The van der Waals surface area contributed by atoms with E-state index >= 15 is 0 Å². The lowest BCUT2D eigenvalue weighted by atomic mass is 10.1. The van der Waals surface area contributed by atoms with E-state index in [0.717, 1.165) is 50.5 Å². The Kier molecular flexibility index (Phi) is 4.66. The van der Waals surface area contributed by atoms with Crippen LogP contribution in [0.1, 0.15) is 25.0 Å². The number of nitrogen functional groups attached to an aromatic ring is 1. The largest absolute Gasteiger partial charge is 0.368 e. The average molecular weight is 264 g/mol. The van der Waals surface area contributed by atoms with E-state index in [4.69, 9.17) is 5.73 Å². The number of nitrogens with zero attached hydrogens (tertiary/aromatic N) is 5. The van der Waals surface area contributed by atoms with Gasteiger partial charge in [-0.25, -0.2) is 4.98 Å². The maximum absolute atomic E-state index is 5.77. The zero-order chi connectivity index (χ0) is 13.8. The van der Waals surface area contributed by atoms with Gasteiger partial charge in [0.15, 0.2) is 0 Å². The zero-order valence-electron chi connectivity index (χ0n) is 12.1. The van der Waals surface area contributed by atoms with E-state index in [9.17, 15) is 0 Å². The van der Waals surface area contributed by atoms with Gasteiger partial charge in [-0.1, -0.05) is 6.92 Å². The lowest BCUT2D eigenvalue weighted by molar-refractivity contribution is 0.113. The van der Waals surface area contributed by atoms with Gasteiger partial charge in [0.05, 0.1) is 0 Å². The fourth-order valence-corrected chi connectivity index (χ4v) is 2.45. The Balaban J connectivity index is 2.09. The predicted octanol–water partition coefficient (Wildman–Crippen LogP) is 0.195. The first kappa shape index (κ1) is 14.1. The topological polar surface area (TPSA) is 71.2 Å².